The Balaban J connectivity index is 2.77. The number of rotatable bonds is 5. The summed E-state index contributed by atoms with van der Waals surface area (Å²) < 4.78 is 6.84. The highest BCUT2D eigenvalue weighted by Crippen LogP contribution is 2.23. The van der Waals surface area contributed by atoms with Gasteiger partial charge in [0, 0.05) is 12.8 Å². The van der Waals surface area contributed by atoms with Crippen LogP contribution in [0.3, 0.4) is 0 Å². The van der Waals surface area contributed by atoms with E-state index in [9.17, 15) is 4.79 Å². The quantitative estimate of drug-likeness (QED) is 0.831. The number of nitrogens with zero attached hydrogens (tertiary/aromatic N) is 1. The molecule has 0 fully saturated rings. The van der Waals surface area contributed by atoms with E-state index in [1.165, 1.54) is 9.87 Å². The molecule has 0 aliphatic carbocycles. The van der Waals surface area contributed by atoms with E-state index in [1.807, 2.05) is 19.1 Å². The second-order valence-electron chi connectivity index (χ2n) is 4.36. The summed E-state index contributed by atoms with van der Waals surface area (Å²) in [4.78, 5) is 11.9. The molecule has 1 amide bonds. The van der Waals surface area contributed by atoms with Crippen molar-refractivity contribution < 1.29 is 9.53 Å². The van der Waals surface area contributed by atoms with Gasteiger partial charge in [0.1, 0.15) is 5.75 Å². The SMILES string of the molecule is CCC(C)c1cccc(OC(=O)N(C)S(=S)CC)c1. The standard InChI is InChI=1S/C14H21NO2S2/c1-5-11(3)12-8-7-9-13(10-12)17-14(16)15(4)19(18)6-2/h7-11H,5-6H2,1-4H3. The molecule has 2 atom stereocenters. The second kappa shape index (κ2) is 7.60. The van der Waals surface area contributed by atoms with E-state index in [0.717, 1.165) is 12.2 Å². The zero-order valence-electron chi connectivity index (χ0n) is 11.9. The number of amides is 1. The first-order chi connectivity index (χ1) is 8.99. The van der Waals surface area contributed by atoms with Crippen LogP contribution < -0.4 is 4.74 Å². The van der Waals surface area contributed by atoms with E-state index in [1.54, 1.807) is 13.1 Å². The third kappa shape index (κ3) is 4.58. The van der Waals surface area contributed by atoms with Crippen molar-refractivity contribution in [2.75, 3.05) is 12.8 Å². The topological polar surface area (TPSA) is 29.5 Å². The molecule has 0 saturated heterocycles. The van der Waals surface area contributed by atoms with Crippen molar-refractivity contribution in [3.8, 4) is 5.75 Å². The van der Waals surface area contributed by atoms with Gasteiger partial charge in [-0.15, -0.1) is 0 Å². The van der Waals surface area contributed by atoms with Crippen molar-refractivity contribution in [1.82, 2.24) is 4.31 Å². The molecule has 0 aromatic heterocycles. The van der Waals surface area contributed by atoms with Gasteiger partial charge >= 0.3 is 6.09 Å². The highest BCUT2D eigenvalue weighted by atomic mass is 32.8. The molecular weight excluding hydrogens is 278 g/mol. The van der Waals surface area contributed by atoms with Crippen LogP contribution in [0.4, 0.5) is 4.79 Å². The van der Waals surface area contributed by atoms with Crippen LogP contribution in [-0.2, 0) is 20.8 Å². The summed E-state index contributed by atoms with van der Waals surface area (Å²) in [7, 11) is 1.18. The van der Waals surface area contributed by atoms with Crippen molar-refractivity contribution in [1.29, 1.82) is 0 Å². The summed E-state index contributed by atoms with van der Waals surface area (Å²) in [6, 6.07) is 7.69. The smallest absolute Gasteiger partial charge is 0.410 e. The summed E-state index contributed by atoms with van der Waals surface area (Å²) in [5.41, 5.74) is 1.18. The number of carbonyl (C=O) groups excluding carboxylic acids is 1. The Bertz CT molecular complexity index is 463. The molecule has 1 aromatic rings. The molecule has 5 heteroatoms. The van der Waals surface area contributed by atoms with Gasteiger partial charge in [-0.3, -0.25) is 4.31 Å². The molecule has 1 rings (SSSR count). The van der Waals surface area contributed by atoms with Gasteiger partial charge in [-0.1, -0.05) is 32.9 Å². The van der Waals surface area contributed by atoms with Crippen molar-refractivity contribution in [2.45, 2.75) is 33.1 Å². The lowest BCUT2D eigenvalue weighted by molar-refractivity contribution is 0.187. The van der Waals surface area contributed by atoms with Gasteiger partial charge in [0.05, 0.1) is 0 Å². The van der Waals surface area contributed by atoms with Crippen LogP contribution in [0.1, 0.15) is 38.7 Å². The van der Waals surface area contributed by atoms with Gasteiger partial charge in [-0.05, 0) is 50.9 Å². The van der Waals surface area contributed by atoms with Crippen LogP contribution in [0, 0.1) is 0 Å². The number of ether oxygens (including phenoxy) is 1. The van der Waals surface area contributed by atoms with Crippen molar-refractivity contribution in [3.63, 3.8) is 0 Å². The highest BCUT2D eigenvalue weighted by Gasteiger charge is 2.14. The molecule has 0 heterocycles. The first-order valence-electron chi connectivity index (χ1n) is 6.43. The van der Waals surface area contributed by atoms with Crippen molar-refractivity contribution in [2.24, 2.45) is 0 Å². The Morgan fingerprint density at radius 1 is 1.47 bits per heavy atom. The molecule has 0 saturated carbocycles. The Kier molecular flexibility index (Phi) is 6.45. The maximum atomic E-state index is 11.9. The predicted molar refractivity (Wildman–Crippen MR) is 84.2 cm³/mol. The summed E-state index contributed by atoms with van der Waals surface area (Å²) >= 11 is 5.19. The fraction of sp³-hybridized carbons (Fsp3) is 0.500. The van der Waals surface area contributed by atoms with E-state index in [-0.39, 0.29) is 6.09 Å². The molecule has 0 spiro atoms. The van der Waals surface area contributed by atoms with Gasteiger partial charge in [0.25, 0.3) is 0 Å². The average molecular weight is 299 g/mol. The van der Waals surface area contributed by atoms with E-state index in [4.69, 9.17) is 15.9 Å². The van der Waals surface area contributed by atoms with Gasteiger partial charge < -0.3 is 4.74 Å². The Morgan fingerprint density at radius 3 is 2.74 bits per heavy atom. The zero-order chi connectivity index (χ0) is 14.4. The summed E-state index contributed by atoms with van der Waals surface area (Å²) in [5.74, 6) is 1.80. The van der Waals surface area contributed by atoms with Gasteiger partial charge in [-0.25, -0.2) is 4.79 Å². The second-order valence-corrected chi connectivity index (χ2v) is 7.28. The van der Waals surface area contributed by atoms with Crippen LogP contribution in [0.2, 0.25) is 0 Å². The lowest BCUT2D eigenvalue weighted by Gasteiger charge is -2.18. The fourth-order valence-corrected chi connectivity index (χ4v) is 2.34. The van der Waals surface area contributed by atoms with Crippen LogP contribution in [0.5, 0.6) is 5.75 Å². The fourth-order valence-electron chi connectivity index (χ4n) is 1.56. The third-order valence-corrected chi connectivity index (χ3v) is 5.69. The van der Waals surface area contributed by atoms with Crippen LogP contribution in [0.15, 0.2) is 24.3 Å². The molecule has 0 aliphatic heterocycles. The van der Waals surface area contributed by atoms with Gasteiger partial charge in [0.2, 0.25) is 0 Å². The average Bonchev–Trinajstić information content (AvgIpc) is 2.44. The highest BCUT2D eigenvalue weighted by molar-refractivity contribution is 8.27. The Hall–Kier alpha value is -0.940. The minimum atomic E-state index is -0.499. The molecule has 0 N–H and O–H groups in total. The number of hydrogen-bond acceptors (Lipinski definition) is 3. The van der Waals surface area contributed by atoms with E-state index in [2.05, 4.69) is 19.9 Å². The number of benzene rings is 1. The summed E-state index contributed by atoms with van der Waals surface area (Å²) in [5, 5.41) is 0. The summed E-state index contributed by atoms with van der Waals surface area (Å²) in [6.45, 7) is 6.26. The van der Waals surface area contributed by atoms with Gasteiger partial charge in [-0.2, -0.15) is 0 Å². The largest absolute Gasteiger partial charge is 0.425 e. The molecular formula is C14H21NO2S2. The first-order valence-corrected chi connectivity index (χ1v) is 8.71. The van der Waals surface area contributed by atoms with Gasteiger partial charge in [0.15, 0.2) is 0 Å². The number of carbonyl (C=O) groups is 1. The van der Waals surface area contributed by atoms with E-state index < -0.39 is 9.64 Å². The monoisotopic (exact) mass is 299 g/mol. The zero-order valence-corrected chi connectivity index (χ0v) is 13.5. The third-order valence-electron chi connectivity index (χ3n) is 3.05. The van der Waals surface area contributed by atoms with Crippen LogP contribution in [-0.4, -0.2) is 23.2 Å². The molecule has 106 valence electrons. The Labute approximate surface area is 122 Å². The number of hydrogen-bond donors (Lipinski definition) is 0. The lowest BCUT2D eigenvalue weighted by Crippen LogP contribution is -2.31. The molecule has 19 heavy (non-hydrogen) atoms. The molecule has 2 unspecified atom stereocenters. The van der Waals surface area contributed by atoms with E-state index >= 15 is 0 Å². The van der Waals surface area contributed by atoms with Crippen molar-refractivity contribution >= 4 is 26.9 Å². The maximum Gasteiger partial charge on any atom is 0.425 e. The van der Waals surface area contributed by atoms with Crippen molar-refractivity contribution in [3.05, 3.63) is 29.8 Å². The summed E-state index contributed by atoms with van der Waals surface area (Å²) in [6.07, 6.45) is 0.671. The molecule has 0 aliphatic rings. The molecule has 3 nitrogen and oxygen atoms in total. The Morgan fingerprint density at radius 2 is 2.16 bits per heavy atom. The minimum absolute atomic E-state index is 0.388. The minimum Gasteiger partial charge on any atom is -0.410 e. The normalized spacial score (nSPS) is 13.7. The first kappa shape index (κ1) is 16.1. The van der Waals surface area contributed by atoms with E-state index in [0.29, 0.717) is 11.7 Å². The molecule has 1 aromatic carbocycles. The maximum absolute atomic E-state index is 11.9. The molecule has 0 radical (unpaired) electrons. The van der Waals surface area contributed by atoms with Crippen LogP contribution >= 0.6 is 0 Å². The predicted octanol–water partition coefficient (Wildman–Crippen LogP) is 3.65. The van der Waals surface area contributed by atoms with Crippen LogP contribution in [0.25, 0.3) is 0 Å². The lowest BCUT2D eigenvalue weighted by atomic mass is 9.99. The molecule has 0 bridgehead atoms.